The minimum atomic E-state index is -0.738. The number of hydrogen-bond acceptors (Lipinski definition) is 8. The zero-order chi connectivity index (χ0) is 26.5. The van der Waals surface area contributed by atoms with Gasteiger partial charge in [-0.05, 0) is 54.5 Å². The van der Waals surface area contributed by atoms with Gasteiger partial charge >= 0.3 is 5.97 Å². The number of benzene rings is 1. The van der Waals surface area contributed by atoms with E-state index in [2.05, 4.69) is 25.4 Å². The number of carbonyl (C=O) groups is 1. The summed E-state index contributed by atoms with van der Waals surface area (Å²) in [6.07, 6.45) is 4.27. The highest BCUT2D eigenvalue weighted by molar-refractivity contribution is 7.11. The molecule has 1 aliphatic heterocycles. The second-order valence-electron chi connectivity index (χ2n) is 8.93. The lowest BCUT2D eigenvalue weighted by Gasteiger charge is -2.25. The minimum Gasteiger partial charge on any atom is -0.493 e. The molecule has 0 fully saturated rings. The molecule has 2 aromatic heterocycles. The van der Waals surface area contributed by atoms with Crippen LogP contribution < -0.4 is 24.4 Å². The fourth-order valence-electron chi connectivity index (χ4n) is 3.99. The largest absolute Gasteiger partial charge is 0.493 e. The molecular weight excluding hydrogens is 508 g/mol. The molecule has 0 amide bonds. The van der Waals surface area contributed by atoms with Crippen LogP contribution in [-0.4, -0.2) is 30.9 Å². The summed E-state index contributed by atoms with van der Waals surface area (Å²) in [6, 6.07) is 8.63. The molecule has 7 nitrogen and oxygen atoms in total. The number of hydrogen-bond donors (Lipinski definition) is 0. The van der Waals surface area contributed by atoms with E-state index < -0.39 is 12.0 Å². The number of esters is 1. The van der Waals surface area contributed by atoms with Gasteiger partial charge in [-0.1, -0.05) is 50.0 Å². The molecule has 0 saturated carbocycles. The van der Waals surface area contributed by atoms with E-state index >= 15 is 0 Å². The highest BCUT2D eigenvalue weighted by atomic mass is 32.1. The summed E-state index contributed by atoms with van der Waals surface area (Å²) in [5.74, 6) is 1.09. The van der Waals surface area contributed by atoms with E-state index in [1.165, 1.54) is 17.4 Å². The second-order valence-corrected chi connectivity index (χ2v) is 10.9. The predicted molar refractivity (Wildman–Crippen MR) is 147 cm³/mol. The van der Waals surface area contributed by atoms with Gasteiger partial charge in [0.15, 0.2) is 16.3 Å². The maximum absolute atomic E-state index is 13.7. The Kier molecular flexibility index (Phi) is 8.45. The summed E-state index contributed by atoms with van der Waals surface area (Å²) in [4.78, 5) is 33.0. The van der Waals surface area contributed by atoms with Gasteiger partial charge in [-0.25, -0.2) is 9.79 Å². The van der Waals surface area contributed by atoms with Crippen LogP contribution in [0, 0.1) is 5.92 Å². The zero-order valence-corrected chi connectivity index (χ0v) is 23.0. The minimum absolute atomic E-state index is 0.0527. The van der Waals surface area contributed by atoms with Crippen LogP contribution in [0.3, 0.4) is 0 Å². The molecule has 0 saturated heterocycles. The van der Waals surface area contributed by atoms with Crippen molar-refractivity contribution in [2.45, 2.75) is 33.2 Å². The lowest BCUT2D eigenvalue weighted by Crippen LogP contribution is -2.40. The topological polar surface area (TPSA) is 79.1 Å². The van der Waals surface area contributed by atoms with E-state index in [4.69, 9.17) is 14.2 Å². The molecule has 0 radical (unpaired) electrons. The predicted octanol–water partition coefficient (Wildman–Crippen LogP) is 4.46. The molecule has 37 heavy (non-hydrogen) atoms. The van der Waals surface area contributed by atoms with Crippen molar-refractivity contribution in [3.05, 3.63) is 89.8 Å². The van der Waals surface area contributed by atoms with E-state index in [1.807, 2.05) is 41.8 Å². The first-order chi connectivity index (χ1) is 17.8. The number of allylic oxidation sites excluding steroid dienone is 1. The Hall–Kier alpha value is -3.43. The Morgan fingerprint density at radius 2 is 2.08 bits per heavy atom. The number of rotatable bonds is 10. The Morgan fingerprint density at radius 1 is 1.27 bits per heavy atom. The van der Waals surface area contributed by atoms with Crippen molar-refractivity contribution in [2.24, 2.45) is 10.9 Å². The number of fused-ring (bicyclic) bond motifs is 1. The van der Waals surface area contributed by atoms with Crippen LogP contribution in [0.1, 0.15) is 43.7 Å². The van der Waals surface area contributed by atoms with Crippen LogP contribution in [0.25, 0.3) is 6.08 Å². The SMILES string of the molecule is C=CCOC(=O)C1=C(C)N=c2sc(=Cc3cccs3)c(=O)n2C1c1ccc(OCCC(C)C)c(OC)c1. The smallest absolute Gasteiger partial charge is 0.338 e. The highest BCUT2D eigenvalue weighted by Gasteiger charge is 2.34. The Bertz CT molecular complexity index is 1500. The molecular formula is C28H30N2O5S2. The Morgan fingerprint density at radius 3 is 2.76 bits per heavy atom. The van der Waals surface area contributed by atoms with Crippen LogP contribution in [0.4, 0.5) is 0 Å². The van der Waals surface area contributed by atoms with Gasteiger partial charge < -0.3 is 14.2 Å². The monoisotopic (exact) mass is 538 g/mol. The first kappa shape index (κ1) is 26.6. The summed E-state index contributed by atoms with van der Waals surface area (Å²) in [5, 5.41) is 1.96. The summed E-state index contributed by atoms with van der Waals surface area (Å²) < 4.78 is 19.1. The molecule has 3 aromatic rings. The summed E-state index contributed by atoms with van der Waals surface area (Å²) in [6.45, 7) is 10.3. The van der Waals surface area contributed by atoms with E-state index in [1.54, 1.807) is 29.9 Å². The summed E-state index contributed by atoms with van der Waals surface area (Å²) in [5.41, 5.74) is 1.27. The number of ether oxygens (including phenoxy) is 3. The van der Waals surface area contributed by atoms with Gasteiger partial charge in [-0.2, -0.15) is 0 Å². The van der Waals surface area contributed by atoms with Crippen LogP contribution in [0.5, 0.6) is 11.5 Å². The highest BCUT2D eigenvalue weighted by Crippen LogP contribution is 2.36. The Balaban J connectivity index is 1.85. The van der Waals surface area contributed by atoms with Gasteiger partial charge in [-0.3, -0.25) is 9.36 Å². The van der Waals surface area contributed by atoms with E-state index in [0.29, 0.717) is 50.2 Å². The van der Waals surface area contributed by atoms with Crippen molar-refractivity contribution >= 4 is 34.7 Å². The molecule has 3 heterocycles. The standard InChI is InChI=1S/C28H30N2O5S2/c1-6-12-35-27(32)24-18(4)29-28-30(26(31)23(37-28)16-20-8-7-14-36-20)25(24)19-9-10-21(22(15-19)33-5)34-13-11-17(2)3/h6-10,14-17,25H,1,11-13H2,2-5H3. The van der Waals surface area contributed by atoms with Gasteiger partial charge in [0.05, 0.1) is 35.6 Å². The molecule has 9 heteroatoms. The van der Waals surface area contributed by atoms with Gasteiger partial charge in [-0.15, -0.1) is 11.3 Å². The van der Waals surface area contributed by atoms with Crippen molar-refractivity contribution in [3.8, 4) is 11.5 Å². The van der Waals surface area contributed by atoms with E-state index in [9.17, 15) is 9.59 Å². The molecule has 0 spiro atoms. The first-order valence-corrected chi connectivity index (χ1v) is 13.7. The maximum atomic E-state index is 13.7. The molecule has 0 aliphatic carbocycles. The third-order valence-corrected chi connectivity index (χ3v) is 7.65. The molecule has 0 bridgehead atoms. The average molecular weight is 539 g/mol. The van der Waals surface area contributed by atoms with Gasteiger partial charge in [0, 0.05) is 4.88 Å². The number of thiophene rings is 1. The van der Waals surface area contributed by atoms with Crippen molar-refractivity contribution < 1.29 is 19.0 Å². The lowest BCUT2D eigenvalue weighted by molar-refractivity contribution is -0.138. The van der Waals surface area contributed by atoms with E-state index in [0.717, 1.165) is 11.3 Å². The van der Waals surface area contributed by atoms with Crippen LogP contribution in [-0.2, 0) is 9.53 Å². The first-order valence-electron chi connectivity index (χ1n) is 12.0. The molecule has 1 atom stereocenters. The number of carbonyl (C=O) groups excluding carboxylic acids is 1. The van der Waals surface area contributed by atoms with Gasteiger partial charge in [0.25, 0.3) is 5.56 Å². The van der Waals surface area contributed by atoms with Crippen LogP contribution in [0.2, 0.25) is 0 Å². The van der Waals surface area contributed by atoms with Crippen LogP contribution >= 0.6 is 22.7 Å². The van der Waals surface area contributed by atoms with Gasteiger partial charge in [0.1, 0.15) is 6.61 Å². The molecule has 1 aliphatic rings. The lowest BCUT2D eigenvalue weighted by atomic mass is 9.95. The third-order valence-electron chi connectivity index (χ3n) is 5.85. The van der Waals surface area contributed by atoms with Crippen molar-refractivity contribution in [1.82, 2.24) is 4.57 Å². The second kappa shape index (κ2) is 11.7. The Labute approximate surface area is 223 Å². The quantitative estimate of drug-likeness (QED) is 0.281. The van der Waals surface area contributed by atoms with Crippen molar-refractivity contribution in [2.75, 3.05) is 20.3 Å². The number of nitrogens with zero attached hydrogens (tertiary/aromatic N) is 2. The molecule has 0 N–H and O–H groups in total. The fraction of sp³-hybridized carbons (Fsp3) is 0.321. The normalized spacial score (nSPS) is 15.4. The average Bonchev–Trinajstić information content (AvgIpc) is 3.49. The number of aromatic nitrogens is 1. The van der Waals surface area contributed by atoms with Crippen molar-refractivity contribution in [1.29, 1.82) is 0 Å². The number of thiazole rings is 1. The third kappa shape index (κ3) is 5.78. The molecule has 194 valence electrons. The summed E-state index contributed by atoms with van der Waals surface area (Å²) in [7, 11) is 1.57. The maximum Gasteiger partial charge on any atom is 0.338 e. The molecule has 1 aromatic carbocycles. The molecule has 1 unspecified atom stereocenters. The van der Waals surface area contributed by atoms with Crippen molar-refractivity contribution in [3.63, 3.8) is 0 Å². The molecule has 4 rings (SSSR count). The fourth-order valence-corrected chi connectivity index (χ4v) is 5.76. The summed E-state index contributed by atoms with van der Waals surface area (Å²) >= 11 is 2.84. The van der Waals surface area contributed by atoms with Crippen LogP contribution in [0.15, 0.2) is 69.4 Å². The number of methoxy groups -OCH3 is 1. The zero-order valence-electron chi connectivity index (χ0n) is 21.4. The van der Waals surface area contributed by atoms with Gasteiger partial charge in [0.2, 0.25) is 0 Å². The van der Waals surface area contributed by atoms with E-state index in [-0.39, 0.29) is 12.2 Å².